The maximum Gasteiger partial charge on any atom is 0.259 e. The monoisotopic (exact) mass is 220 g/mol. The van der Waals surface area contributed by atoms with Crippen molar-refractivity contribution in [2.45, 2.75) is 26.3 Å². The zero-order chi connectivity index (χ0) is 11.7. The lowest BCUT2D eigenvalue weighted by Gasteiger charge is -2.20. The first-order valence-corrected chi connectivity index (χ1v) is 5.57. The Morgan fingerprint density at radius 1 is 1.50 bits per heavy atom. The van der Waals surface area contributed by atoms with Gasteiger partial charge in [-0.15, -0.1) is 0 Å². The van der Waals surface area contributed by atoms with Crippen LogP contribution < -0.4 is 5.43 Å². The maximum atomic E-state index is 12.1. The van der Waals surface area contributed by atoms with Crippen LogP contribution in [-0.2, 0) is 0 Å². The Hall–Kier alpha value is -1.58. The number of carbonyl (C=O) groups is 1. The Labute approximate surface area is 94.3 Å². The second kappa shape index (κ2) is 4.12. The summed E-state index contributed by atoms with van der Waals surface area (Å²) in [5, 5.41) is 0. The Morgan fingerprint density at radius 2 is 2.25 bits per heavy atom. The second-order valence-corrected chi connectivity index (χ2v) is 4.57. The molecule has 4 nitrogen and oxygen atoms in total. The van der Waals surface area contributed by atoms with Gasteiger partial charge in [0, 0.05) is 31.0 Å². The molecule has 0 aliphatic carbocycles. The lowest BCUT2D eigenvalue weighted by atomic mass is 10.1. The molecule has 2 heterocycles. The number of H-pyrrole nitrogens is 1. The SMILES string of the molecule is CC1CC(C)N(C(=O)c2c[nH]ccc2=O)C1. The molecule has 1 fully saturated rings. The fourth-order valence-electron chi connectivity index (χ4n) is 2.32. The molecule has 1 N–H and O–H groups in total. The van der Waals surface area contributed by atoms with Gasteiger partial charge in [-0.3, -0.25) is 9.59 Å². The Morgan fingerprint density at radius 3 is 2.81 bits per heavy atom. The highest BCUT2D eigenvalue weighted by atomic mass is 16.2. The largest absolute Gasteiger partial charge is 0.367 e. The highest BCUT2D eigenvalue weighted by Crippen LogP contribution is 2.23. The molecule has 1 aliphatic heterocycles. The Balaban J connectivity index is 2.27. The quantitative estimate of drug-likeness (QED) is 0.774. The third-order valence-electron chi connectivity index (χ3n) is 3.10. The fraction of sp³-hybridized carbons (Fsp3) is 0.500. The van der Waals surface area contributed by atoms with E-state index in [0.29, 0.717) is 5.92 Å². The van der Waals surface area contributed by atoms with Crippen LogP contribution in [0.1, 0.15) is 30.6 Å². The van der Waals surface area contributed by atoms with Crippen LogP contribution in [0, 0.1) is 5.92 Å². The summed E-state index contributed by atoms with van der Waals surface area (Å²) >= 11 is 0. The number of carbonyl (C=O) groups excluding carboxylic acids is 1. The van der Waals surface area contributed by atoms with Crippen LogP contribution in [0.3, 0.4) is 0 Å². The first-order chi connectivity index (χ1) is 7.59. The van der Waals surface area contributed by atoms with E-state index in [2.05, 4.69) is 11.9 Å². The number of hydrogen-bond donors (Lipinski definition) is 1. The zero-order valence-electron chi connectivity index (χ0n) is 9.56. The van der Waals surface area contributed by atoms with Gasteiger partial charge in [0.2, 0.25) is 0 Å². The molecule has 0 aromatic carbocycles. The number of aromatic amines is 1. The highest BCUT2D eigenvalue weighted by Gasteiger charge is 2.31. The van der Waals surface area contributed by atoms with Crippen LogP contribution in [0.4, 0.5) is 0 Å². The van der Waals surface area contributed by atoms with Gasteiger partial charge in [0.25, 0.3) is 5.91 Å². The molecule has 1 aliphatic rings. The van der Waals surface area contributed by atoms with Crippen molar-refractivity contribution < 1.29 is 4.79 Å². The Bertz CT molecular complexity index is 452. The average molecular weight is 220 g/mol. The molecule has 0 bridgehead atoms. The lowest BCUT2D eigenvalue weighted by molar-refractivity contribution is 0.0742. The van der Waals surface area contributed by atoms with Crippen LogP contribution in [0.15, 0.2) is 23.3 Å². The van der Waals surface area contributed by atoms with Crippen LogP contribution in [-0.4, -0.2) is 28.4 Å². The number of rotatable bonds is 1. The van der Waals surface area contributed by atoms with Gasteiger partial charge in [-0.1, -0.05) is 6.92 Å². The van der Waals surface area contributed by atoms with Crippen molar-refractivity contribution in [3.8, 4) is 0 Å². The summed E-state index contributed by atoms with van der Waals surface area (Å²) in [5.74, 6) is 0.362. The molecule has 0 saturated carbocycles. The van der Waals surface area contributed by atoms with Crippen LogP contribution >= 0.6 is 0 Å². The van der Waals surface area contributed by atoms with E-state index in [-0.39, 0.29) is 22.9 Å². The molecule has 1 amide bonds. The second-order valence-electron chi connectivity index (χ2n) is 4.57. The Kier molecular flexibility index (Phi) is 2.81. The van der Waals surface area contributed by atoms with E-state index in [1.807, 2.05) is 6.92 Å². The zero-order valence-corrected chi connectivity index (χ0v) is 9.56. The first-order valence-electron chi connectivity index (χ1n) is 5.57. The minimum atomic E-state index is -0.212. The number of nitrogens with one attached hydrogen (secondary N) is 1. The predicted octanol–water partition coefficient (Wildman–Crippen LogP) is 1.25. The van der Waals surface area contributed by atoms with E-state index in [4.69, 9.17) is 0 Å². The van der Waals surface area contributed by atoms with Gasteiger partial charge < -0.3 is 9.88 Å². The fourth-order valence-corrected chi connectivity index (χ4v) is 2.32. The topological polar surface area (TPSA) is 53.2 Å². The predicted molar refractivity (Wildman–Crippen MR) is 61.3 cm³/mol. The number of pyridine rings is 1. The minimum Gasteiger partial charge on any atom is -0.367 e. The van der Waals surface area contributed by atoms with Gasteiger partial charge in [0.05, 0.1) is 0 Å². The molecular weight excluding hydrogens is 204 g/mol. The summed E-state index contributed by atoms with van der Waals surface area (Å²) in [6.07, 6.45) is 4.03. The smallest absolute Gasteiger partial charge is 0.259 e. The van der Waals surface area contributed by atoms with Crippen molar-refractivity contribution in [2.75, 3.05) is 6.54 Å². The normalized spacial score (nSPS) is 24.8. The number of amides is 1. The molecule has 86 valence electrons. The van der Waals surface area contributed by atoms with Gasteiger partial charge in [-0.2, -0.15) is 0 Å². The maximum absolute atomic E-state index is 12.1. The number of aromatic nitrogens is 1. The molecule has 0 spiro atoms. The van der Waals surface area contributed by atoms with E-state index in [9.17, 15) is 9.59 Å². The van der Waals surface area contributed by atoms with Crippen molar-refractivity contribution in [3.63, 3.8) is 0 Å². The summed E-state index contributed by atoms with van der Waals surface area (Å²) in [7, 11) is 0. The van der Waals surface area contributed by atoms with E-state index in [1.54, 1.807) is 4.90 Å². The van der Waals surface area contributed by atoms with Crippen molar-refractivity contribution >= 4 is 5.91 Å². The molecule has 0 radical (unpaired) electrons. The minimum absolute atomic E-state index is 0.154. The summed E-state index contributed by atoms with van der Waals surface area (Å²) in [4.78, 5) is 28.2. The number of nitrogens with zero attached hydrogens (tertiary/aromatic N) is 1. The van der Waals surface area contributed by atoms with Crippen molar-refractivity contribution in [2.24, 2.45) is 5.92 Å². The third-order valence-corrected chi connectivity index (χ3v) is 3.10. The molecule has 1 aromatic heterocycles. The van der Waals surface area contributed by atoms with E-state index < -0.39 is 0 Å². The first kappa shape index (κ1) is 10.9. The van der Waals surface area contributed by atoms with Crippen molar-refractivity contribution in [1.29, 1.82) is 0 Å². The summed E-state index contributed by atoms with van der Waals surface area (Å²) in [6.45, 7) is 4.89. The molecule has 4 heteroatoms. The van der Waals surface area contributed by atoms with Crippen LogP contribution in [0.2, 0.25) is 0 Å². The van der Waals surface area contributed by atoms with E-state index >= 15 is 0 Å². The molecule has 16 heavy (non-hydrogen) atoms. The van der Waals surface area contributed by atoms with Crippen LogP contribution in [0.25, 0.3) is 0 Å². The van der Waals surface area contributed by atoms with E-state index in [1.165, 1.54) is 18.5 Å². The highest BCUT2D eigenvalue weighted by molar-refractivity contribution is 5.94. The van der Waals surface area contributed by atoms with E-state index in [0.717, 1.165) is 13.0 Å². The lowest BCUT2D eigenvalue weighted by Crippen LogP contribution is -2.36. The summed E-state index contributed by atoms with van der Waals surface area (Å²) in [6, 6.07) is 1.61. The van der Waals surface area contributed by atoms with Gasteiger partial charge in [0.15, 0.2) is 5.43 Å². The molecule has 1 saturated heterocycles. The van der Waals surface area contributed by atoms with Crippen molar-refractivity contribution in [3.05, 3.63) is 34.2 Å². The van der Waals surface area contributed by atoms with Crippen molar-refractivity contribution in [1.82, 2.24) is 9.88 Å². The van der Waals surface area contributed by atoms with Gasteiger partial charge in [-0.25, -0.2) is 0 Å². The van der Waals surface area contributed by atoms with Gasteiger partial charge in [-0.05, 0) is 19.3 Å². The van der Waals surface area contributed by atoms with Gasteiger partial charge >= 0.3 is 0 Å². The van der Waals surface area contributed by atoms with Crippen LogP contribution in [0.5, 0.6) is 0 Å². The molecular formula is C12H16N2O2. The molecule has 2 unspecified atom stereocenters. The summed E-state index contributed by atoms with van der Waals surface area (Å²) < 4.78 is 0. The number of likely N-dealkylation sites (tertiary alicyclic amines) is 1. The third kappa shape index (κ3) is 1.87. The average Bonchev–Trinajstić information content (AvgIpc) is 2.58. The standard InChI is InChI=1S/C12H16N2O2/c1-8-5-9(2)14(7-8)12(16)10-6-13-4-3-11(10)15/h3-4,6,8-9H,5,7H2,1-2H3,(H,13,15). The number of hydrogen-bond acceptors (Lipinski definition) is 2. The molecule has 2 atom stereocenters. The summed E-state index contributed by atoms with van der Waals surface area (Å²) in [5.41, 5.74) is 0.0268. The molecule has 2 rings (SSSR count). The molecule has 1 aromatic rings. The van der Waals surface area contributed by atoms with Gasteiger partial charge in [0.1, 0.15) is 5.56 Å².